The summed E-state index contributed by atoms with van der Waals surface area (Å²) in [5.74, 6) is -1.10. The van der Waals surface area contributed by atoms with E-state index in [0.717, 1.165) is 5.56 Å². The molecule has 1 fully saturated rings. The van der Waals surface area contributed by atoms with E-state index in [1.807, 2.05) is 24.3 Å². The fourth-order valence-electron chi connectivity index (χ4n) is 3.80. The van der Waals surface area contributed by atoms with Crippen LogP contribution in [0.4, 0.5) is 5.69 Å². The number of fused-ring (bicyclic) bond motifs is 1. The minimum atomic E-state index is -0.516. The molecule has 0 radical (unpaired) electrons. The van der Waals surface area contributed by atoms with Gasteiger partial charge in [0.05, 0.1) is 23.9 Å². The Hall–Kier alpha value is -3.36. The number of carbonyl (C=O) groups excluding carboxylic acids is 3. The summed E-state index contributed by atoms with van der Waals surface area (Å²) >= 11 is 5.97. The second-order valence-corrected chi connectivity index (χ2v) is 7.91. The molecule has 0 aliphatic carbocycles. The first kappa shape index (κ1) is 21.9. The van der Waals surface area contributed by atoms with Crippen molar-refractivity contribution < 1.29 is 19.1 Å². The molecular formula is C23H23ClN4O4. The molecule has 2 N–H and O–H groups in total. The third-order valence-corrected chi connectivity index (χ3v) is 5.61. The molecule has 2 heterocycles. The molecule has 2 aromatic carbocycles. The highest BCUT2D eigenvalue weighted by Crippen LogP contribution is 2.31. The van der Waals surface area contributed by atoms with E-state index in [9.17, 15) is 14.4 Å². The first-order chi connectivity index (χ1) is 15.5. The standard InChI is InChI=1S/C23H23ClN4O4/c1-2-32-23(31)17-5-3-4-6-18(17)25-21(29)14-27-11-12-28-20(22(27)30)13-19(26-28)15-7-9-16(24)10-8-15/h3-12,19-20,26H,2,13-14H2,1H3,(H,25,29). The Morgan fingerprint density at radius 3 is 2.66 bits per heavy atom. The number of nitrogens with zero attached hydrogens (tertiary/aromatic N) is 2. The molecule has 9 heteroatoms. The minimum absolute atomic E-state index is 0.0314. The summed E-state index contributed by atoms with van der Waals surface area (Å²) in [5.41, 5.74) is 4.95. The van der Waals surface area contributed by atoms with Crippen LogP contribution in [0.25, 0.3) is 0 Å². The monoisotopic (exact) mass is 454 g/mol. The number of benzene rings is 2. The Balaban J connectivity index is 1.40. The molecule has 2 amide bonds. The van der Waals surface area contributed by atoms with Gasteiger partial charge in [0.2, 0.25) is 5.91 Å². The number of hydrogen-bond donors (Lipinski definition) is 2. The number of ether oxygens (including phenoxy) is 1. The van der Waals surface area contributed by atoms with Crippen molar-refractivity contribution in [2.75, 3.05) is 18.5 Å². The van der Waals surface area contributed by atoms with Crippen molar-refractivity contribution in [2.45, 2.75) is 25.4 Å². The van der Waals surface area contributed by atoms with Crippen LogP contribution < -0.4 is 10.7 Å². The maximum absolute atomic E-state index is 13.0. The number of nitrogens with one attached hydrogen (secondary N) is 2. The van der Waals surface area contributed by atoms with Gasteiger partial charge >= 0.3 is 5.97 Å². The normalized spacial score (nSPS) is 19.6. The van der Waals surface area contributed by atoms with Gasteiger partial charge in [0.15, 0.2) is 0 Å². The summed E-state index contributed by atoms with van der Waals surface area (Å²) in [6.45, 7) is 1.78. The Morgan fingerprint density at radius 2 is 1.91 bits per heavy atom. The zero-order chi connectivity index (χ0) is 22.7. The van der Waals surface area contributed by atoms with E-state index in [1.165, 1.54) is 4.90 Å². The topological polar surface area (TPSA) is 91.0 Å². The van der Waals surface area contributed by atoms with E-state index >= 15 is 0 Å². The highest BCUT2D eigenvalue weighted by molar-refractivity contribution is 6.30. The molecule has 1 saturated heterocycles. The summed E-state index contributed by atoms with van der Waals surface area (Å²) in [7, 11) is 0. The molecule has 8 nitrogen and oxygen atoms in total. The number of para-hydroxylation sites is 1. The molecule has 2 aliphatic rings. The average Bonchev–Trinajstić information content (AvgIpc) is 3.22. The molecule has 0 saturated carbocycles. The van der Waals surface area contributed by atoms with Gasteiger partial charge in [-0.2, -0.15) is 0 Å². The predicted octanol–water partition coefficient (Wildman–Crippen LogP) is 3.09. The van der Waals surface area contributed by atoms with Crippen LogP contribution in [0, 0.1) is 0 Å². The lowest BCUT2D eigenvalue weighted by Gasteiger charge is -2.31. The maximum Gasteiger partial charge on any atom is 0.340 e. The van der Waals surface area contributed by atoms with E-state index < -0.39 is 17.9 Å². The molecule has 2 aliphatic heterocycles. The van der Waals surface area contributed by atoms with E-state index in [1.54, 1.807) is 48.6 Å². The van der Waals surface area contributed by atoms with Crippen LogP contribution in [0.2, 0.25) is 5.02 Å². The quantitative estimate of drug-likeness (QED) is 0.652. The molecule has 0 bridgehead atoms. The Kier molecular flexibility index (Phi) is 6.43. The lowest BCUT2D eigenvalue weighted by molar-refractivity contribution is -0.137. The maximum atomic E-state index is 13.0. The molecule has 0 spiro atoms. The number of hydrogen-bond acceptors (Lipinski definition) is 6. The second kappa shape index (κ2) is 9.42. The van der Waals surface area contributed by atoms with Crippen LogP contribution in [-0.2, 0) is 14.3 Å². The smallest absolute Gasteiger partial charge is 0.340 e. The summed E-state index contributed by atoms with van der Waals surface area (Å²) in [5, 5.41) is 5.13. The minimum Gasteiger partial charge on any atom is -0.462 e. The van der Waals surface area contributed by atoms with E-state index in [0.29, 0.717) is 17.1 Å². The summed E-state index contributed by atoms with van der Waals surface area (Å²) in [4.78, 5) is 39.1. The Morgan fingerprint density at radius 1 is 1.16 bits per heavy atom. The predicted molar refractivity (Wildman–Crippen MR) is 119 cm³/mol. The van der Waals surface area contributed by atoms with E-state index in [2.05, 4.69) is 10.7 Å². The van der Waals surface area contributed by atoms with Gasteiger partial charge < -0.3 is 20.0 Å². The summed E-state index contributed by atoms with van der Waals surface area (Å²) < 4.78 is 5.03. The van der Waals surface area contributed by atoms with Crippen molar-refractivity contribution in [1.82, 2.24) is 15.3 Å². The Labute approximate surface area is 190 Å². The molecule has 2 aromatic rings. The van der Waals surface area contributed by atoms with Gasteiger partial charge in [-0.05, 0) is 43.2 Å². The van der Waals surface area contributed by atoms with Crippen LogP contribution in [0.5, 0.6) is 0 Å². The molecule has 32 heavy (non-hydrogen) atoms. The van der Waals surface area contributed by atoms with E-state index in [-0.39, 0.29) is 30.7 Å². The second-order valence-electron chi connectivity index (χ2n) is 7.47. The van der Waals surface area contributed by atoms with Crippen LogP contribution in [0.3, 0.4) is 0 Å². The van der Waals surface area contributed by atoms with Crippen molar-refractivity contribution in [1.29, 1.82) is 0 Å². The van der Waals surface area contributed by atoms with Gasteiger partial charge in [0, 0.05) is 17.4 Å². The van der Waals surface area contributed by atoms with E-state index in [4.69, 9.17) is 16.3 Å². The SMILES string of the molecule is CCOC(=O)c1ccccc1NC(=O)CN1C=CN2NC(c3ccc(Cl)cc3)CC2C1=O. The molecule has 166 valence electrons. The zero-order valence-electron chi connectivity index (χ0n) is 17.5. The third-order valence-electron chi connectivity index (χ3n) is 5.36. The van der Waals surface area contributed by atoms with Crippen LogP contribution in [0.15, 0.2) is 60.9 Å². The van der Waals surface area contributed by atoms with Crippen molar-refractivity contribution in [3.05, 3.63) is 77.1 Å². The van der Waals surface area contributed by atoms with Crippen molar-refractivity contribution >= 4 is 35.1 Å². The third kappa shape index (κ3) is 4.61. The summed E-state index contributed by atoms with van der Waals surface area (Å²) in [6.07, 6.45) is 3.89. The largest absolute Gasteiger partial charge is 0.462 e. The number of rotatable bonds is 6. The first-order valence-corrected chi connectivity index (χ1v) is 10.7. The van der Waals surface area contributed by atoms with Crippen molar-refractivity contribution in [3.8, 4) is 0 Å². The van der Waals surface area contributed by atoms with Gasteiger partial charge in [-0.3, -0.25) is 9.59 Å². The highest BCUT2D eigenvalue weighted by atomic mass is 35.5. The number of carbonyl (C=O) groups is 3. The number of hydrazine groups is 1. The fraction of sp³-hybridized carbons (Fsp3) is 0.261. The lowest BCUT2D eigenvalue weighted by Crippen LogP contribution is -2.49. The first-order valence-electron chi connectivity index (χ1n) is 10.3. The zero-order valence-corrected chi connectivity index (χ0v) is 18.2. The highest BCUT2D eigenvalue weighted by Gasteiger charge is 2.40. The van der Waals surface area contributed by atoms with Gasteiger partial charge in [0.25, 0.3) is 5.91 Å². The van der Waals surface area contributed by atoms with Gasteiger partial charge in [-0.25, -0.2) is 10.2 Å². The molecular weight excluding hydrogens is 432 g/mol. The summed E-state index contributed by atoms with van der Waals surface area (Å²) in [6, 6.07) is 13.7. The lowest BCUT2D eigenvalue weighted by atomic mass is 10.0. The number of anilines is 1. The molecule has 2 atom stereocenters. The van der Waals surface area contributed by atoms with Gasteiger partial charge in [-0.15, -0.1) is 0 Å². The molecule has 0 aromatic heterocycles. The number of esters is 1. The van der Waals surface area contributed by atoms with Crippen LogP contribution in [-0.4, -0.2) is 46.9 Å². The molecule has 2 unspecified atom stereocenters. The molecule has 4 rings (SSSR count). The van der Waals surface area contributed by atoms with Crippen LogP contribution in [0.1, 0.15) is 35.3 Å². The van der Waals surface area contributed by atoms with Crippen LogP contribution >= 0.6 is 11.6 Å². The van der Waals surface area contributed by atoms with Gasteiger partial charge in [-0.1, -0.05) is 35.9 Å². The van der Waals surface area contributed by atoms with Crippen molar-refractivity contribution in [2.24, 2.45) is 0 Å². The average molecular weight is 455 g/mol. The van der Waals surface area contributed by atoms with Crippen molar-refractivity contribution in [3.63, 3.8) is 0 Å². The van der Waals surface area contributed by atoms with Gasteiger partial charge in [0.1, 0.15) is 12.6 Å². The Bertz CT molecular complexity index is 1060. The number of halogens is 1. The number of amides is 2. The fourth-order valence-corrected chi connectivity index (χ4v) is 3.93.